The standard InChI is InChI=1S/C10H9ClN4O5S/c1-20-8-3-7(11)13-10(14-8)15-21(18,19)5-2-6(9(16)17)12-4-5/h2-4,12H,1H3,(H,16,17)(H,13,14,15). The second-order valence-corrected chi connectivity index (χ2v) is 5.79. The van der Waals surface area contributed by atoms with Crippen LogP contribution in [0.5, 0.6) is 5.88 Å². The van der Waals surface area contributed by atoms with Crippen molar-refractivity contribution in [2.75, 3.05) is 11.8 Å². The van der Waals surface area contributed by atoms with Crippen LogP contribution in [0.4, 0.5) is 5.95 Å². The van der Waals surface area contributed by atoms with Crippen LogP contribution in [0.3, 0.4) is 0 Å². The molecule has 0 fully saturated rings. The number of H-pyrrole nitrogens is 1. The fourth-order valence-electron chi connectivity index (χ4n) is 1.38. The van der Waals surface area contributed by atoms with Crippen LogP contribution in [-0.4, -0.2) is 41.6 Å². The Morgan fingerprint density at radius 2 is 2.14 bits per heavy atom. The number of methoxy groups -OCH3 is 1. The maximum absolute atomic E-state index is 12.1. The van der Waals surface area contributed by atoms with Crippen molar-refractivity contribution < 1.29 is 23.1 Å². The summed E-state index contributed by atoms with van der Waals surface area (Å²) in [6.07, 6.45) is 1.04. The molecule has 0 aliphatic carbocycles. The Morgan fingerprint density at radius 3 is 2.71 bits per heavy atom. The molecule has 0 amide bonds. The van der Waals surface area contributed by atoms with Gasteiger partial charge < -0.3 is 14.8 Å². The van der Waals surface area contributed by atoms with E-state index in [4.69, 9.17) is 21.4 Å². The molecule has 11 heteroatoms. The topological polar surface area (TPSA) is 134 Å². The molecule has 0 saturated heterocycles. The number of ether oxygens (including phenoxy) is 1. The Hall–Kier alpha value is -2.33. The highest BCUT2D eigenvalue weighted by Gasteiger charge is 2.20. The van der Waals surface area contributed by atoms with Crippen molar-refractivity contribution in [3.8, 4) is 5.88 Å². The van der Waals surface area contributed by atoms with Crippen LogP contribution in [0.15, 0.2) is 23.2 Å². The number of sulfonamides is 1. The fraction of sp³-hybridized carbons (Fsp3) is 0.100. The van der Waals surface area contributed by atoms with Gasteiger partial charge in [0.2, 0.25) is 11.8 Å². The molecule has 9 nitrogen and oxygen atoms in total. The van der Waals surface area contributed by atoms with Gasteiger partial charge in [-0.05, 0) is 6.07 Å². The van der Waals surface area contributed by atoms with Gasteiger partial charge in [-0.2, -0.15) is 4.98 Å². The second kappa shape index (κ2) is 5.58. The molecule has 0 unspecified atom stereocenters. The monoisotopic (exact) mass is 332 g/mol. The van der Waals surface area contributed by atoms with E-state index in [1.807, 2.05) is 0 Å². The van der Waals surface area contributed by atoms with E-state index in [-0.39, 0.29) is 27.6 Å². The van der Waals surface area contributed by atoms with Crippen molar-refractivity contribution >= 4 is 33.5 Å². The lowest BCUT2D eigenvalue weighted by atomic mass is 10.4. The number of carbonyl (C=O) groups is 1. The smallest absolute Gasteiger partial charge is 0.352 e. The van der Waals surface area contributed by atoms with E-state index in [9.17, 15) is 13.2 Å². The molecule has 112 valence electrons. The number of aromatic nitrogens is 3. The number of anilines is 1. The first kappa shape index (κ1) is 15.1. The average molecular weight is 333 g/mol. The molecule has 2 aromatic rings. The number of rotatable bonds is 5. The zero-order valence-electron chi connectivity index (χ0n) is 10.5. The average Bonchev–Trinajstić information content (AvgIpc) is 2.87. The molecule has 2 aromatic heterocycles. The quantitative estimate of drug-likeness (QED) is 0.694. The summed E-state index contributed by atoms with van der Waals surface area (Å²) in [5.41, 5.74) is -0.264. The molecule has 2 rings (SSSR count). The van der Waals surface area contributed by atoms with Crippen molar-refractivity contribution in [1.29, 1.82) is 0 Å². The molecule has 3 N–H and O–H groups in total. The molecule has 0 bridgehead atoms. The van der Waals surface area contributed by atoms with E-state index in [0.717, 1.165) is 12.3 Å². The summed E-state index contributed by atoms with van der Waals surface area (Å²) >= 11 is 5.70. The highest BCUT2D eigenvalue weighted by atomic mass is 35.5. The van der Waals surface area contributed by atoms with Crippen LogP contribution < -0.4 is 9.46 Å². The number of hydrogen-bond acceptors (Lipinski definition) is 6. The summed E-state index contributed by atoms with van der Waals surface area (Å²) in [4.78, 5) is 20.2. The van der Waals surface area contributed by atoms with Gasteiger partial charge in [0.1, 0.15) is 15.7 Å². The first-order valence-electron chi connectivity index (χ1n) is 5.35. The molecule has 0 spiro atoms. The third kappa shape index (κ3) is 3.41. The van der Waals surface area contributed by atoms with Gasteiger partial charge in [0, 0.05) is 12.3 Å². The van der Waals surface area contributed by atoms with Crippen molar-refractivity contribution in [2.45, 2.75) is 4.90 Å². The molecule has 0 aliphatic heterocycles. The number of hydrogen-bond donors (Lipinski definition) is 3. The minimum Gasteiger partial charge on any atom is -0.481 e. The summed E-state index contributed by atoms with van der Waals surface area (Å²) < 4.78 is 31.0. The molecular formula is C10H9ClN4O5S. The normalized spacial score (nSPS) is 11.1. The maximum Gasteiger partial charge on any atom is 0.352 e. The molecule has 0 aliphatic rings. The lowest BCUT2D eigenvalue weighted by molar-refractivity contribution is 0.0691. The number of nitrogens with zero attached hydrogens (tertiary/aromatic N) is 2. The van der Waals surface area contributed by atoms with Crippen molar-refractivity contribution in [2.24, 2.45) is 0 Å². The van der Waals surface area contributed by atoms with E-state index < -0.39 is 16.0 Å². The number of carboxylic acid groups (broad SMARTS) is 1. The Balaban J connectivity index is 2.32. The Kier molecular flexibility index (Phi) is 4.00. The van der Waals surface area contributed by atoms with Crippen LogP contribution in [-0.2, 0) is 10.0 Å². The van der Waals surface area contributed by atoms with Crippen LogP contribution >= 0.6 is 11.6 Å². The van der Waals surface area contributed by atoms with Gasteiger partial charge in [-0.1, -0.05) is 11.6 Å². The van der Waals surface area contributed by atoms with Crippen molar-refractivity contribution in [3.63, 3.8) is 0 Å². The molecule has 0 radical (unpaired) electrons. The van der Waals surface area contributed by atoms with E-state index >= 15 is 0 Å². The first-order chi connectivity index (χ1) is 9.81. The highest BCUT2D eigenvalue weighted by Crippen LogP contribution is 2.19. The van der Waals surface area contributed by atoms with Gasteiger partial charge in [0.15, 0.2) is 0 Å². The lowest BCUT2D eigenvalue weighted by Crippen LogP contribution is -2.14. The largest absolute Gasteiger partial charge is 0.481 e. The minimum atomic E-state index is -4.05. The second-order valence-electron chi connectivity index (χ2n) is 3.72. The molecule has 0 aromatic carbocycles. The lowest BCUT2D eigenvalue weighted by Gasteiger charge is -2.06. The highest BCUT2D eigenvalue weighted by molar-refractivity contribution is 7.92. The zero-order chi connectivity index (χ0) is 15.6. The minimum absolute atomic E-state index is 0.0140. The molecular weight excluding hydrogens is 324 g/mol. The van der Waals surface area contributed by atoms with E-state index in [0.29, 0.717) is 0 Å². The number of nitrogens with one attached hydrogen (secondary N) is 2. The van der Waals surface area contributed by atoms with Crippen LogP contribution in [0, 0.1) is 0 Å². The third-order valence-electron chi connectivity index (χ3n) is 2.30. The van der Waals surface area contributed by atoms with Crippen LogP contribution in [0.1, 0.15) is 10.5 Å². The summed E-state index contributed by atoms with van der Waals surface area (Å²) in [6.45, 7) is 0. The number of aromatic amines is 1. The summed E-state index contributed by atoms with van der Waals surface area (Å²) in [5.74, 6) is -1.50. The van der Waals surface area contributed by atoms with Crippen LogP contribution in [0.25, 0.3) is 0 Å². The molecule has 0 atom stereocenters. The van der Waals surface area contributed by atoms with Gasteiger partial charge in [-0.25, -0.2) is 22.9 Å². The van der Waals surface area contributed by atoms with Gasteiger partial charge >= 0.3 is 5.97 Å². The fourth-order valence-corrected chi connectivity index (χ4v) is 2.49. The van der Waals surface area contributed by atoms with Gasteiger partial charge in [0.25, 0.3) is 10.0 Å². The maximum atomic E-state index is 12.1. The van der Waals surface area contributed by atoms with Crippen LogP contribution in [0.2, 0.25) is 5.15 Å². The summed E-state index contributed by atoms with van der Waals surface area (Å²) in [6, 6.07) is 2.27. The Morgan fingerprint density at radius 1 is 1.43 bits per heavy atom. The molecule has 0 saturated carbocycles. The van der Waals surface area contributed by atoms with E-state index in [2.05, 4.69) is 19.7 Å². The zero-order valence-corrected chi connectivity index (χ0v) is 12.1. The Labute approximate surface area is 124 Å². The number of halogens is 1. The predicted octanol–water partition coefficient (Wildman–Crippen LogP) is 0.966. The molecule has 21 heavy (non-hydrogen) atoms. The van der Waals surface area contributed by atoms with Gasteiger partial charge in [0.05, 0.1) is 7.11 Å². The SMILES string of the molecule is COc1cc(Cl)nc(NS(=O)(=O)c2c[nH]c(C(=O)O)c2)n1. The predicted molar refractivity (Wildman–Crippen MR) is 72.2 cm³/mol. The van der Waals surface area contributed by atoms with E-state index in [1.165, 1.54) is 13.2 Å². The van der Waals surface area contributed by atoms with Crippen molar-refractivity contribution in [3.05, 3.63) is 29.2 Å². The van der Waals surface area contributed by atoms with E-state index in [1.54, 1.807) is 0 Å². The number of aromatic carboxylic acids is 1. The van der Waals surface area contributed by atoms with Gasteiger partial charge in [-0.15, -0.1) is 0 Å². The summed E-state index contributed by atoms with van der Waals surface area (Å²) in [5, 5.41) is 8.74. The first-order valence-corrected chi connectivity index (χ1v) is 7.21. The molecule has 2 heterocycles. The number of carboxylic acids is 1. The third-order valence-corrected chi connectivity index (χ3v) is 3.80. The summed E-state index contributed by atoms with van der Waals surface area (Å²) in [7, 11) is -2.72. The van der Waals surface area contributed by atoms with Crippen molar-refractivity contribution in [1.82, 2.24) is 15.0 Å². The van der Waals surface area contributed by atoms with Gasteiger partial charge in [-0.3, -0.25) is 0 Å². The Bertz CT molecular complexity index is 788.